The summed E-state index contributed by atoms with van der Waals surface area (Å²) in [6.45, 7) is 5.01. The highest BCUT2D eigenvalue weighted by Gasteiger charge is 2.33. The topological polar surface area (TPSA) is 48.0 Å². The molecule has 4 rings (SSSR count). The number of ether oxygens (including phenoxy) is 3. The van der Waals surface area contributed by atoms with E-state index in [9.17, 15) is 4.79 Å². The van der Waals surface area contributed by atoms with Gasteiger partial charge in [-0.05, 0) is 67.4 Å². The Balaban J connectivity index is 1.50. The molecule has 0 aromatic heterocycles. The summed E-state index contributed by atoms with van der Waals surface area (Å²) in [6.07, 6.45) is 1.82. The molecule has 1 aliphatic rings. The first-order valence-electron chi connectivity index (χ1n) is 10.9. The van der Waals surface area contributed by atoms with Crippen molar-refractivity contribution in [1.82, 2.24) is 0 Å². The monoisotopic (exact) mass is 491 g/mol. The number of hydrogen-bond donors (Lipinski definition) is 0. The molecule has 1 saturated heterocycles. The van der Waals surface area contributed by atoms with Gasteiger partial charge in [-0.25, -0.2) is 0 Å². The maximum absolute atomic E-state index is 13.1. The van der Waals surface area contributed by atoms with E-state index < -0.39 is 0 Å². The zero-order valence-corrected chi connectivity index (χ0v) is 20.9. The molecule has 1 heterocycles. The smallest absolute Gasteiger partial charge is 0.270 e. The van der Waals surface area contributed by atoms with Gasteiger partial charge in [0.05, 0.1) is 24.3 Å². The number of rotatable bonds is 8. The molecule has 0 aliphatic carbocycles. The molecule has 0 N–H and O–H groups in total. The van der Waals surface area contributed by atoms with Crippen LogP contribution in [-0.4, -0.2) is 23.9 Å². The van der Waals surface area contributed by atoms with Crippen LogP contribution in [0.1, 0.15) is 23.6 Å². The number of nitrogens with zero attached hydrogens (tertiary/aromatic N) is 1. The summed E-state index contributed by atoms with van der Waals surface area (Å²) in [5.74, 6) is 1.84. The highest BCUT2D eigenvalue weighted by atomic mass is 32.2. The van der Waals surface area contributed by atoms with Crippen molar-refractivity contribution in [3.8, 4) is 17.2 Å². The Morgan fingerprint density at radius 2 is 1.71 bits per heavy atom. The zero-order chi connectivity index (χ0) is 24.1. The van der Waals surface area contributed by atoms with Crippen LogP contribution in [0.5, 0.6) is 17.2 Å². The predicted octanol–water partition coefficient (Wildman–Crippen LogP) is 6.39. The van der Waals surface area contributed by atoms with E-state index in [-0.39, 0.29) is 5.91 Å². The van der Waals surface area contributed by atoms with Gasteiger partial charge in [-0.15, -0.1) is 0 Å². The summed E-state index contributed by atoms with van der Waals surface area (Å²) in [5, 5.41) is 0. The maximum atomic E-state index is 13.1. The molecule has 34 heavy (non-hydrogen) atoms. The van der Waals surface area contributed by atoms with Crippen LogP contribution in [0, 0.1) is 6.92 Å². The van der Waals surface area contributed by atoms with E-state index in [4.69, 9.17) is 26.4 Å². The lowest BCUT2D eigenvalue weighted by molar-refractivity contribution is -0.113. The number of carbonyl (C=O) groups is 1. The number of anilines is 1. The second-order valence-electron chi connectivity index (χ2n) is 7.63. The number of hydrogen-bond acceptors (Lipinski definition) is 6. The van der Waals surface area contributed by atoms with Crippen LogP contribution < -0.4 is 19.1 Å². The van der Waals surface area contributed by atoms with E-state index >= 15 is 0 Å². The lowest BCUT2D eigenvalue weighted by Crippen LogP contribution is -2.27. The largest absolute Gasteiger partial charge is 0.494 e. The third-order valence-electron chi connectivity index (χ3n) is 5.20. The van der Waals surface area contributed by atoms with Crippen molar-refractivity contribution in [1.29, 1.82) is 0 Å². The number of methoxy groups -OCH3 is 1. The second kappa shape index (κ2) is 10.8. The predicted molar refractivity (Wildman–Crippen MR) is 142 cm³/mol. The Kier molecular flexibility index (Phi) is 7.55. The normalized spacial score (nSPS) is 14.6. The van der Waals surface area contributed by atoms with Gasteiger partial charge < -0.3 is 14.2 Å². The molecule has 0 radical (unpaired) electrons. The Morgan fingerprint density at radius 3 is 2.38 bits per heavy atom. The SMILES string of the molecule is CCOc1ccc(N2C(=O)/C(=C\c3ccc(OCc4ccc(C)cc4)c(OC)c3)SC2=S)cc1. The van der Waals surface area contributed by atoms with Gasteiger partial charge in [0.15, 0.2) is 15.8 Å². The summed E-state index contributed by atoms with van der Waals surface area (Å²) in [4.78, 5) is 15.2. The number of thioether (sulfide) groups is 1. The van der Waals surface area contributed by atoms with Gasteiger partial charge >= 0.3 is 0 Å². The third kappa shape index (κ3) is 5.43. The van der Waals surface area contributed by atoms with Crippen LogP contribution in [0.4, 0.5) is 5.69 Å². The molecule has 1 amide bonds. The summed E-state index contributed by atoms with van der Waals surface area (Å²) in [6, 6.07) is 21.2. The number of carbonyl (C=O) groups excluding carboxylic acids is 1. The molecule has 0 spiro atoms. The van der Waals surface area contributed by atoms with E-state index in [1.165, 1.54) is 22.2 Å². The van der Waals surface area contributed by atoms with Crippen molar-refractivity contribution in [2.24, 2.45) is 0 Å². The van der Waals surface area contributed by atoms with Crippen molar-refractivity contribution in [3.05, 3.63) is 88.3 Å². The van der Waals surface area contributed by atoms with Gasteiger partial charge in [-0.2, -0.15) is 0 Å². The van der Waals surface area contributed by atoms with Crippen molar-refractivity contribution in [2.45, 2.75) is 20.5 Å². The summed E-state index contributed by atoms with van der Waals surface area (Å²) in [5.41, 5.74) is 3.83. The molecule has 174 valence electrons. The van der Waals surface area contributed by atoms with Crippen molar-refractivity contribution >= 4 is 46.0 Å². The third-order valence-corrected chi connectivity index (χ3v) is 6.50. The van der Waals surface area contributed by atoms with Crippen LogP contribution in [0.3, 0.4) is 0 Å². The van der Waals surface area contributed by atoms with Crippen LogP contribution in [-0.2, 0) is 11.4 Å². The molecule has 5 nitrogen and oxygen atoms in total. The summed E-state index contributed by atoms with van der Waals surface area (Å²) in [7, 11) is 1.60. The van der Waals surface area contributed by atoms with Gasteiger partial charge in [0, 0.05) is 0 Å². The average Bonchev–Trinajstić information content (AvgIpc) is 3.12. The zero-order valence-electron chi connectivity index (χ0n) is 19.2. The van der Waals surface area contributed by atoms with Gasteiger partial charge in [0.2, 0.25) is 0 Å². The maximum Gasteiger partial charge on any atom is 0.270 e. The molecular formula is C27H25NO4S2. The molecule has 0 atom stereocenters. The van der Waals surface area contributed by atoms with Crippen molar-refractivity contribution in [3.63, 3.8) is 0 Å². The summed E-state index contributed by atoms with van der Waals surface area (Å²) < 4.78 is 17.5. The highest BCUT2D eigenvalue weighted by Crippen LogP contribution is 2.37. The minimum atomic E-state index is -0.155. The molecule has 0 bridgehead atoms. The van der Waals surface area contributed by atoms with Gasteiger partial charge in [-0.1, -0.05) is 59.9 Å². The highest BCUT2D eigenvalue weighted by molar-refractivity contribution is 8.27. The number of benzene rings is 3. The fraction of sp³-hybridized carbons (Fsp3) is 0.185. The molecule has 7 heteroatoms. The molecule has 3 aromatic rings. The Morgan fingerprint density at radius 1 is 0.971 bits per heavy atom. The lowest BCUT2D eigenvalue weighted by atomic mass is 10.1. The minimum absolute atomic E-state index is 0.155. The van der Waals surface area contributed by atoms with E-state index in [1.807, 2.05) is 67.6 Å². The van der Waals surface area contributed by atoms with E-state index in [2.05, 4.69) is 19.1 Å². The molecule has 0 unspecified atom stereocenters. The number of amides is 1. The fourth-order valence-corrected chi connectivity index (χ4v) is 4.74. The molecular weight excluding hydrogens is 466 g/mol. The van der Waals surface area contributed by atoms with Gasteiger partial charge in [-0.3, -0.25) is 9.69 Å². The molecule has 0 saturated carbocycles. The average molecular weight is 492 g/mol. The van der Waals surface area contributed by atoms with Crippen LogP contribution in [0.2, 0.25) is 0 Å². The first kappa shape index (κ1) is 23.9. The van der Waals surface area contributed by atoms with Crippen LogP contribution in [0.15, 0.2) is 71.6 Å². The quantitative estimate of drug-likeness (QED) is 0.269. The Hall–Kier alpha value is -3.29. The second-order valence-corrected chi connectivity index (χ2v) is 9.30. The number of thiocarbonyl (C=S) groups is 1. The standard InChI is InChI=1S/C27H25NO4S2/c1-4-31-22-12-10-21(11-13-22)28-26(29)25(34-27(28)33)16-20-9-14-23(24(15-20)30-3)32-17-19-7-5-18(2)6-8-19/h5-16H,4,17H2,1-3H3/b25-16+. The first-order chi connectivity index (χ1) is 16.5. The summed E-state index contributed by atoms with van der Waals surface area (Å²) >= 11 is 6.76. The lowest BCUT2D eigenvalue weighted by Gasteiger charge is -2.15. The van der Waals surface area contributed by atoms with E-state index in [1.54, 1.807) is 7.11 Å². The van der Waals surface area contributed by atoms with Gasteiger partial charge in [0.25, 0.3) is 5.91 Å². The van der Waals surface area contributed by atoms with E-state index in [0.717, 1.165) is 16.9 Å². The van der Waals surface area contributed by atoms with Gasteiger partial charge in [0.1, 0.15) is 12.4 Å². The molecule has 1 aliphatic heterocycles. The van der Waals surface area contributed by atoms with E-state index in [0.29, 0.717) is 39.6 Å². The fourth-order valence-electron chi connectivity index (χ4n) is 3.44. The van der Waals surface area contributed by atoms with Crippen molar-refractivity contribution in [2.75, 3.05) is 18.6 Å². The van der Waals surface area contributed by atoms with Crippen molar-refractivity contribution < 1.29 is 19.0 Å². The van der Waals surface area contributed by atoms with Crippen LogP contribution in [0.25, 0.3) is 6.08 Å². The molecule has 1 fully saturated rings. The Bertz CT molecular complexity index is 1220. The minimum Gasteiger partial charge on any atom is -0.494 e. The Labute approximate surface area is 209 Å². The first-order valence-corrected chi connectivity index (χ1v) is 12.1. The van der Waals surface area contributed by atoms with Crippen LogP contribution >= 0.6 is 24.0 Å². The number of aryl methyl sites for hydroxylation is 1. The molecule has 3 aromatic carbocycles.